The van der Waals surface area contributed by atoms with Crippen molar-refractivity contribution in [2.75, 3.05) is 19.6 Å². The highest BCUT2D eigenvalue weighted by Gasteiger charge is 2.51. The summed E-state index contributed by atoms with van der Waals surface area (Å²) < 4.78 is 28.9. The number of likely N-dealkylation sites (tertiary alicyclic amines) is 1. The molecule has 8 heteroatoms. The summed E-state index contributed by atoms with van der Waals surface area (Å²) in [6.07, 6.45) is -0.391. The van der Waals surface area contributed by atoms with Gasteiger partial charge in [0, 0.05) is 36.2 Å². The highest BCUT2D eigenvalue weighted by molar-refractivity contribution is 8.11. The first-order valence-electron chi connectivity index (χ1n) is 5.77. The van der Waals surface area contributed by atoms with Crippen LogP contribution < -0.4 is 0 Å². The number of halogens is 1. The molecular formula is C10H17ClN2O4S. The lowest BCUT2D eigenvalue weighted by molar-refractivity contribution is -0.0164. The summed E-state index contributed by atoms with van der Waals surface area (Å²) >= 11 is 0. The van der Waals surface area contributed by atoms with Gasteiger partial charge in [0.2, 0.25) is 0 Å². The van der Waals surface area contributed by atoms with Crippen LogP contribution in [0.4, 0.5) is 4.79 Å². The Morgan fingerprint density at radius 1 is 1.28 bits per heavy atom. The minimum absolute atomic E-state index is 0.103. The molecule has 0 aromatic rings. The van der Waals surface area contributed by atoms with Crippen molar-refractivity contribution in [1.29, 1.82) is 0 Å². The molecular weight excluding hydrogens is 280 g/mol. The maximum Gasteiger partial charge on any atom is 0.410 e. The van der Waals surface area contributed by atoms with Crippen LogP contribution in [0.3, 0.4) is 0 Å². The van der Waals surface area contributed by atoms with Gasteiger partial charge in [-0.25, -0.2) is 4.79 Å². The van der Waals surface area contributed by atoms with Crippen LogP contribution in [-0.4, -0.2) is 55.0 Å². The topological polar surface area (TPSA) is 66.9 Å². The largest absolute Gasteiger partial charge is 0.444 e. The normalized spacial score (nSPS) is 28.8. The van der Waals surface area contributed by atoms with Crippen molar-refractivity contribution in [2.45, 2.75) is 32.4 Å². The molecule has 1 amide bonds. The smallest absolute Gasteiger partial charge is 0.410 e. The highest BCUT2D eigenvalue weighted by atomic mass is 35.7. The Kier molecular flexibility index (Phi) is 3.28. The van der Waals surface area contributed by atoms with E-state index in [1.807, 2.05) is 0 Å². The second kappa shape index (κ2) is 4.25. The summed E-state index contributed by atoms with van der Waals surface area (Å²) in [6.45, 7) is 6.57. The van der Waals surface area contributed by atoms with Crippen molar-refractivity contribution < 1.29 is 17.9 Å². The molecule has 0 unspecified atom stereocenters. The Hall–Kier alpha value is -0.530. The van der Waals surface area contributed by atoms with Gasteiger partial charge in [0.1, 0.15) is 5.60 Å². The molecule has 0 N–H and O–H groups in total. The van der Waals surface area contributed by atoms with Crippen LogP contribution in [0, 0.1) is 5.92 Å². The van der Waals surface area contributed by atoms with Crippen molar-refractivity contribution in [1.82, 2.24) is 9.21 Å². The highest BCUT2D eigenvalue weighted by Crippen LogP contribution is 2.35. The molecule has 0 aromatic carbocycles. The molecule has 2 rings (SSSR count). The fourth-order valence-corrected chi connectivity index (χ4v) is 3.34. The first-order valence-corrected chi connectivity index (χ1v) is 8.04. The molecule has 0 aliphatic carbocycles. The van der Waals surface area contributed by atoms with Crippen LogP contribution >= 0.6 is 10.7 Å². The van der Waals surface area contributed by atoms with E-state index in [1.165, 1.54) is 4.31 Å². The zero-order chi connectivity index (χ0) is 13.7. The van der Waals surface area contributed by atoms with E-state index in [2.05, 4.69) is 0 Å². The molecule has 2 aliphatic rings. The van der Waals surface area contributed by atoms with E-state index in [0.29, 0.717) is 13.1 Å². The van der Waals surface area contributed by atoms with Gasteiger partial charge in [-0.2, -0.15) is 12.7 Å². The number of fused-ring (bicyclic) bond motifs is 1. The number of hydrogen-bond donors (Lipinski definition) is 0. The molecule has 2 saturated heterocycles. The third kappa shape index (κ3) is 2.73. The summed E-state index contributed by atoms with van der Waals surface area (Å²) in [5.74, 6) is 0.172. The molecule has 0 spiro atoms. The Balaban J connectivity index is 1.96. The van der Waals surface area contributed by atoms with E-state index in [9.17, 15) is 13.2 Å². The van der Waals surface area contributed by atoms with E-state index in [0.717, 1.165) is 0 Å². The second-order valence-corrected chi connectivity index (χ2v) is 8.23. The van der Waals surface area contributed by atoms with E-state index < -0.39 is 20.9 Å². The van der Waals surface area contributed by atoms with Crippen molar-refractivity contribution >= 4 is 26.0 Å². The van der Waals surface area contributed by atoms with Gasteiger partial charge in [0.25, 0.3) is 9.24 Å². The van der Waals surface area contributed by atoms with E-state index >= 15 is 0 Å². The van der Waals surface area contributed by atoms with Gasteiger partial charge in [0.05, 0.1) is 6.04 Å². The van der Waals surface area contributed by atoms with Gasteiger partial charge in [-0.3, -0.25) is 0 Å². The monoisotopic (exact) mass is 296 g/mol. The lowest BCUT2D eigenvalue weighted by Crippen LogP contribution is -2.59. The van der Waals surface area contributed by atoms with Crippen LogP contribution in [0.5, 0.6) is 0 Å². The summed E-state index contributed by atoms with van der Waals surface area (Å²) in [5, 5.41) is 0. The van der Waals surface area contributed by atoms with Gasteiger partial charge in [-0.05, 0) is 20.8 Å². The Bertz CT molecular complexity index is 459. The summed E-state index contributed by atoms with van der Waals surface area (Å²) in [4.78, 5) is 13.4. The standard InChI is InChI=1S/C10H17ClN2O4S/c1-10(2,3)17-9(14)13-5-7-4-12(6-8(7)13)18(11,15)16/h7-8H,4-6H2,1-3H3/t7-,8-/m0/s1. The van der Waals surface area contributed by atoms with Crippen LogP contribution in [0.25, 0.3) is 0 Å². The second-order valence-electron chi connectivity index (χ2n) is 5.72. The number of hydrogen-bond acceptors (Lipinski definition) is 4. The molecule has 0 aromatic heterocycles. The van der Waals surface area contributed by atoms with Crippen LogP contribution in [-0.2, 0) is 14.0 Å². The number of ether oxygens (including phenoxy) is 1. The molecule has 2 heterocycles. The Labute approximate surface area is 111 Å². The molecule has 0 bridgehead atoms. The molecule has 2 aliphatic heterocycles. The van der Waals surface area contributed by atoms with Crippen LogP contribution in [0.15, 0.2) is 0 Å². The molecule has 0 saturated carbocycles. The number of rotatable bonds is 1. The van der Waals surface area contributed by atoms with Crippen molar-refractivity contribution in [3.8, 4) is 0 Å². The third-order valence-corrected chi connectivity index (χ3v) is 4.64. The van der Waals surface area contributed by atoms with Gasteiger partial charge < -0.3 is 9.64 Å². The zero-order valence-corrected chi connectivity index (χ0v) is 12.2. The maximum atomic E-state index is 11.8. The lowest BCUT2D eigenvalue weighted by Gasteiger charge is -2.43. The quantitative estimate of drug-likeness (QED) is 0.678. The molecule has 6 nitrogen and oxygen atoms in total. The average Bonchev–Trinajstić information content (AvgIpc) is 2.39. The number of carbonyl (C=O) groups excluding carboxylic acids is 1. The molecule has 0 radical (unpaired) electrons. The van der Waals surface area contributed by atoms with Crippen LogP contribution in [0.2, 0.25) is 0 Å². The first kappa shape index (κ1) is 13.9. The fraction of sp³-hybridized carbons (Fsp3) is 0.900. The minimum Gasteiger partial charge on any atom is -0.444 e. The fourth-order valence-electron chi connectivity index (χ4n) is 2.31. The van der Waals surface area contributed by atoms with Gasteiger partial charge >= 0.3 is 6.09 Å². The van der Waals surface area contributed by atoms with Crippen LogP contribution in [0.1, 0.15) is 20.8 Å². The van der Waals surface area contributed by atoms with E-state index in [-0.39, 0.29) is 18.5 Å². The summed E-state index contributed by atoms with van der Waals surface area (Å²) in [7, 11) is 1.61. The van der Waals surface area contributed by atoms with Gasteiger partial charge in [-0.15, -0.1) is 0 Å². The van der Waals surface area contributed by atoms with Crippen molar-refractivity contribution in [3.05, 3.63) is 0 Å². The lowest BCUT2D eigenvalue weighted by atomic mass is 9.93. The SMILES string of the molecule is CC(C)(C)OC(=O)N1C[C@@H]2CN(S(=O)(=O)Cl)C[C@@H]21. The number of carbonyl (C=O) groups is 1. The van der Waals surface area contributed by atoms with Crippen molar-refractivity contribution in [3.63, 3.8) is 0 Å². The number of nitrogens with zero attached hydrogens (tertiary/aromatic N) is 2. The average molecular weight is 297 g/mol. The third-order valence-electron chi connectivity index (χ3n) is 3.14. The van der Waals surface area contributed by atoms with E-state index in [4.69, 9.17) is 15.4 Å². The summed E-state index contributed by atoms with van der Waals surface area (Å²) in [6, 6.07) is -0.103. The Morgan fingerprint density at radius 2 is 1.89 bits per heavy atom. The van der Waals surface area contributed by atoms with Crippen molar-refractivity contribution in [2.24, 2.45) is 5.92 Å². The summed E-state index contributed by atoms with van der Waals surface area (Å²) in [5.41, 5.74) is -0.543. The molecule has 18 heavy (non-hydrogen) atoms. The molecule has 2 fully saturated rings. The molecule has 2 atom stereocenters. The van der Waals surface area contributed by atoms with Gasteiger partial charge in [0.15, 0.2) is 0 Å². The number of amides is 1. The van der Waals surface area contributed by atoms with Gasteiger partial charge in [-0.1, -0.05) is 0 Å². The molecule has 104 valence electrons. The maximum absolute atomic E-state index is 11.8. The zero-order valence-electron chi connectivity index (χ0n) is 10.6. The Morgan fingerprint density at radius 3 is 2.39 bits per heavy atom. The predicted octanol–water partition coefficient (Wildman–Crippen LogP) is 1.02. The first-order chi connectivity index (χ1) is 8.08. The van der Waals surface area contributed by atoms with E-state index in [1.54, 1.807) is 25.7 Å². The minimum atomic E-state index is -3.69. The predicted molar refractivity (Wildman–Crippen MR) is 66.6 cm³/mol.